The summed E-state index contributed by atoms with van der Waals surface area (Å²) in [5.74, 6) is -3.47. The van der Waals surface area contributed by atoms with Gasteiger partial charge in [-0.3, -0.25) is 76.4 Å². The molecule has 4 aliphatic heterocycles. The van der Waals surface area contributed by atoms with E-state index in [1.807, 2.05) is 0 Å². The average molecular weight is 2110 g/mol. The summed E-state index contributed by atoms with van der Waals surface area (Å²) in [5, 5.41) is 116. The van der Waals surface area contributed by atoms with Gasteiger partial charge in [-0.05, 0) is 102 Å². The summed E-state index contributed by atoms with van der Waals surface area (Å²) in [7, 11) is -0.718. The fourth-order valence-electron chi connectivity index (χ4n) is 16.7. The van der Waals surface area contributed by atoms with Crippen molar-refractivity contribution in [1.29, 1.82) is 0 Å². The molecular weight excluding hydrogens is 1940 g/mol. The zero-order chi connectivity index (χ0) is 107. The zero-order valence-electron chi connectivity index (χ0n) is 85.7. The van der Waals surface area contributed by atoms with Crippen LogP contribution in [0, 0.1) is 0 Å². The SMILES string of the molecule is COC[C@H]1O[C@@H](n2cc(/C=C/C(=O)NCCCCCCCC(=O)CCCCCCCCCCC(=O)NC(COCCC(=O)CCCCNC(=O)CCCCO[C@@H]3OC(CO)[C@H](O)[C@H](O)C3NC(C)=O)(COCCC(=O)NCCCCC(=O)CCCCO[C@@H]3OC(CO)[C@H](O)[C@H](O)C3NC(C)=O)COCCC(=O)NCCCNC(=O)CCCCO[C@@H]3OC(CO)[C@H](O)[C@H](O)C3NC(C)=O)c(=O)[nH]c2=O)CC1OP(C)(=O)OC. The van der Waals surface area contributed by atoms with E-state index in [1.165, 1.54) is 64.6 Å². The lowest BCUT2D eigenvalue weighted by Crippen LogP contribution is -2.64. The number of methoxy groups -OCH3 is 1. The van der Waals surface area contributed by atoms with E-state index in [2.05, 4.69) is 52.8 Å². The van der Waals surface area contributed by atoms with Crippen LogP contribution in [0.25, 0.3) is 6.08 Å². The second kappa shape index (κ2) is 73.3. The van der Waals surface area contributed by atoms with Crippen molar-refractivity contribution in [3.63, 3.8) is 0 Å². The Morgan fingerprint density at radius 2 is 0.767 bits per heavy atom. The van der Waals surface area contributed by atoms with Gasteiger partial charge in [0.05, 0.1) is 77.7 Å². The van der Waals surface area contributed by atoms with Crippen LogP contribution in [-0.2, 0) is 123 Å². The zero-order valence-corrected chi connectivity index (χ0v) is 86.6. The van der Waals surface area contributed by atoms with Gasteiger partial charge in [0.25, 0.3) is 5.56 Å². The molecule has 0 saturated carbocycles. The monoisotopic (exact) mass is 2110 g/mol. The van der Waals surface area contributed by atoms with E-state index in [4.69, 9.17) is 61.2 Å². The number of unbranched alkanes of at least 4 members (excludes halogenated alkanes) is 16. The van der Waals surface area contributed by atoms with E-state index in [0.717, 1.165) is 70.6 Å². The van der Waals surface area contributed by atoms with Gasteiger partial charge in [0.1, 0.15) is 108 Å². The van der Waals surface area contributed by atoms with Crippen molar-refractivity contribution in [3.05, 3.63) is 38.7 Å². The Bertz CT molecular complexity index is 3990. The van der Waals surface area contributed by atoms with Gasteiger partial charge in [-0.2, -0.15) is 0 Å². The van der Waals surface area contributed by atoms with Crippen LogP contribution in [0.5, 0.6) is 0 Å². The normalized spacial score (nSPS) is 23.9. The van der Waals surface area contributed by atoms with E-state index in [0.29, 0.717) is 109 Å². The Hall–Kier alpha value is -7.99. The number of amides is 9. The Morgan fingerprint density at radius 1 is 0.425 bits per heavy atom. The van der Waals surface area contributed by atoms with Gasteiger partial charge in [-0.25, -0.2) is 4.79 Å². The van der Waals surface area contributed by atoms with Crippen molar-refractivity contribution in [2.24, 2.45) is 0 Å². The molecule has 1 aromatic rings. The molecule has 0 bridgehead atoms. The molecular formula is C97H166N11O37P. The Kier molecular flexibility index (Phi) is 64.5. The molecule has 0 aliphatic carbocycles. The Morgan fingerprint density at radius 3 is 1.17 bits per heavy atom. The molecule has 49 heteroatoms. The third kappa shape index (κ3) is 51.7. The molecule has 4 saturated heterocycles. The van der Waals surface area contributed by atoms with Gasteiger partial charge in [0, 0.05) is 184 Å². The van der Waals surface area contributed by atoms with Crippen molar-refractivity contribution in [2.45, 2.75) is 368 Å². The van der Waals surface area contributed by atoms with Gasteiger partial charge in [0.2, 0.25) is 53.2 Å². The fraction of sp³-hybridized carbons (Fsp3) is 0.814. The summed E-state index contributed by atoms with van der Waals surface area (Å²) >= 11 is 0. The lowest BCUT2D eigenvalue weighted by molar-refractivity contribution is -0.270. The second-order valence-electron chi connectivity index (χ2n) is 37.4. The smallest absolute Gasteiger partial charge is 0.330 e. The van der Waals surface area contributed by atoms with Crippen molar-refractivity contribution in [3.8, 4) is 0 Å². The minimum Gasteiger partial charge on any atom is -0.394 e. The van der Waals surface area contributed by atoms with Crippen LogP contribution in [0.1, 0.15) is 264 Å². The molecule has 5 heterocycles. The third-order valence-electron chi connectivity index (χ3n) is 24.9. The number of nitrogens with zero attached hydrogens (tertiary/aromatic N) is 1. The lowest BCUT2D eigenvalue weighted by atomic mass is 9.97. The molecule has 9 amide bonds. The van der Waals surface area contributed by atoms with Crippen LogP contribution >= 0.6 is 7.60 Å². The predicted octanol–water partition coefficient (Wildman–Crippen LogP) is 0.0657. The van der Waals surface area contributed by atoms with E-state index < -0.39 is 178 Å². The summed E-state index contributed by atoms with van der Waals surface area (Å²) < 4.78 is 88.1. The Balaban J connectivity index is 1.09. The number of Topliss-reactive ketones (excluding diaryl/α,β-unsaturated/α-hetero) is 3. The maximum absolute atomic E-state index is 14.2. The largest absolute Gasteiger partial charge is 0.394 e. The van der Waals surface area contributed by atoms with Crippen molar-refractivity contribution < 1.29 is 169 Å². The topological polar surface area (TPSA) is 687 Å². The molecule has 146 heavy (non-hydrogen) atoms. The van der Waals surface area contributed by atoms with Crippen LogP contribution in [0.3, 0.4) is 0 Å². The van der Waals surface area contributed by atoms with Gasteiger partial charge < -0.3 is 155 Å². The number of carbonyl (C=O) groups excluding carboxylic acids is 12. The standard InChI is InChI=1S/C97H166N11O37P/c1-64(112)103-83-89(127)86(124)72(57-109)142-93(83)138-49-27-21-35-69(116)33-19-25-46-100-79(121)42-53-136-62-97(61-135-52-41-70(117)34-20-26-45-98-76(118)36-22-28-50-139-94-84(104-65(2)113)90(128)87(125)73(58-110)143-94,63-137-54-43-80(122)102-48-30-47-101-77(119)37-23-29-51-140-95-85(105-66(3)114)91(129)88(126)74(59-111)144-95)107-81(123)38-18-14-10-8-7-9-12-16-31-68(115)32-17-13-11-15-24-44-99-78(120)40-39-67-56-108(96(131)106-92(67)130)82-55-71(75(141-82)60-133-4)145-146(6,132)134-5/h39-40,56,71-75,82-91,93-95,109-111,124-129H,7-38,41-55,57-63H2,1-6H3,(H,98,118)(H,99,120)(H,100,121)(H,101,119)(H,102,122)(H,103,112)(H,104,113)(H,105,114)(H,107,123)(H,106,130,131)/b40-39+/t71?,72?,73?,74?,75-,82-,83?,84?,85?,86+,87+,88+,89-,90-,91-,93-,94-,95-,97?,146?/m1/s1. The van der Waals surface area contributed by atoms with E-state index in [-0.39, 0.29) is 202 Å². The third-order valence-corrected chi connectivity index (χ3v) is 26.2. The number of carbonyl (C=O) groups is 12. The number of aliphatic hydroxyl groups is 9. The number of hydrogen-bond acceptors (Lipinski definition) is 37. The molecule has 1 aromatic heterocycles. The van der Waals surface area contributed by atoms with Crippen LogP contribution in [0.15, 0.2) is 21.9 Å². The highest BCUT2D eigenvalue weighted by Gasteiger charge is 2.49. The molecule has 0 spiro atoms. The molecule has 19 N–H and O–H groups in total. The fourth-order valence-corrected chi connectivity index (χ4v) is 17.5. The van der Waals surface area contributed by atoms with Crippen molar-refractivity contribution in [1.82, 2.24) is 57.4 Å². The number of ketones is 3. The van der Waals surface area contributed by atoms with Gasteiger partial charge in [-0.1, -0.05) is 57.8 Å². The highest BCUT2D eigenvalue weighted by Crippen LogP contribution is 2.48. The number of aliphatic hydroxyl groups excluding tert-OH is 9. The summed E-state index contributed by atoms with van der Waals surface area (Å²) in [6.07, 6.45) is 2.76. The first-order valence-corrected chi connectivity index (χ1v) is 53.4. The molecule has 20 atom stereocenters. The van der Waals surface area contributed by atoms with Crippen molar-refractivity contribution >= 4 is 84.2 Å². The van der Waals surface area contributed by atoms with E-state index in [1.54, 1.807) is 0 Å². The Labute approximate surface area is 853 Å². The quantitative estimate of drug-likeness (QED) is 0.0233. The van der Waals surface area contributed by atoms with Crippen LogP contribution in [0.4, 0.5) is 0 Å². The lowest BCUT2D eigenvalue weighted by Gasteiger charge is -2.42. The van der Waals surface area contributed by atoms with Gasteiger partial charge in [0.15, 0.2) is 18.9 Å². The molecule has 48 nitrogen and oxygen atoms in total. The molecule has 836 valence electrons. The number of ether oxygens (including phenoxy) is 11. The summed E-state index contributed by atoms with van der Waals surface area (Å²) in [6.45, 7) is 3.79. The molecule has 4 aliphatic rings. The first-order chi connectivity index (χ1) is 70.0. The first kappa shape index (κ1) is 128. The molecule has 4 fully saturated rings. The highest BCUT2D eigenvalue weighted by atomic mass is 31.2. The van der Waals surface area contributed by atoms with Crippen LogP contribution in [-0.4, -0.2) is 375 Å². The number of rotatable bonds is 81. The minimum absolute atomic E-state index is 0.0117. The molecule has 0 aromatic carbocycles. The summed E-state index contributed by atoms with van der Waals surface area (Å²) in [6, 6.07) is -3.31. The number of hydrogen-bond donors (Lipinski definition) is 19. The van der Waals surface area contributed by atoms with Crippen molar-refractivity contribution in [2.75, 3.05) is 139 Å². The highest BCUT2D eigenvalue weighted by molar-refractivity contribution is 7.52. The van der Waals surface area contributed by atoms with Crippen LogP contribution in [0.2, 0.25) is 0 Å². The van der Waals surface area contributed by atoms with Crippen LogP contribution < -0.4 is 59.1 Å². The predicted molar refractivity (Wildman–Crippen MR) is 525 cm³/mol. The molecule has 9 unspecified atom stereocenters. The number of aromatic nitrogens is 2. The number of nitrogens with one attached hydrogen (secondary N) is 10. The van der Waals surface area contributed by atoms with Gasteiger partial charge >= 0.3 is 13.3 Å². The second-order valence-corrected chi connectivity index (χ2v) is 39.6. The number of aromatic amines is 1. The maximum Gasteiger partial charge on any atom is 0.330 e. The van der Waals surface area contributed by atoms with E-state index >= 15 is 0 Å². The summed E-state index contributed by atoms with van der Waals surface area (Å²) in [4.78, 5) is 181. The first-order valence-electron chi connectivity index (χ1n) is 51.4. The summed E-state index contributed by atoms with van der Waals surface area (Å²) in [5.41, 5.74) is -2.86. The van der Waals surface area contributed by atoms with Gasteiger partial charge in [-0.15, -0.1) is 0 Å². The minimum atomic E-state index is -3.43. The van der Waals surface area contributed by atoms with E-state index in [9.17, 15) is 118 Å². The molecule has 0 radical (unpaired) electrons. The molecule has 5 rings (SSSR count). The maximum atomic E-state index is 14.2. The number of H-pyrrole nitrogens is 1. The average Bonchev–Trinajstić information content (AvgIpc) is 1.52.